The SMILES string of the molecule is O=C(NCc1ncc(-c2ccccc2)o1)Nc1ccc2oc(C3CC3)nc2c1. The van der Waals surface area contributed by atoms with Gasteiger partial charge < -0.3 is 19.5 Å². The van der Waals surface area contributed by atoms with Crippen LogP contribution in [0.2, 0.25) is 0 Å². The molecule has 0 aliphatic heterocycles. The Kier molecular flexibility index (Phi) is 4.05. The molecule has 4 aromatic rings. The molecule has 140 valence electrons. The van der Waals surface area contributed by atoms with Crippen molar-refractivity contribution in [2.24, 2.45) is 0 Å². The van der Waals surface area contributed by atoms with Crippen LogP contribution in [0.5, 0.6) is 0 Å². The molecule has 7 nitrogen and oxygen atoms in total. The fourth-order valence-electron chi connectivity index (χ4n) is 2.99. The Morgan fingerprint density at radius 1 is 1.11 bits per heavy atom. The van der Waals surface area contributed by atoms with Crippen molar-refractivity contribution in [3.05, 3.63) is 66.5 Å². The molecular formula is C21H18N4O3. The number of aromatic nitrogens is 2. The number of hydrogen-bond acceptors (Lipinski definition) is 5. The molecule has 1 aliphatic rings. The average molecular weight is 374 g/mol. The number of rotatable bonds is 5. The van der Waals surface area contributed by atoms with Gasteiger partial charge in [0.1, 0.15) is 5.52 Å². The first-order valence-corrected chi connectivity index (χ1v) is 9.20. The predicted molar refractivity (Wildman–Crippen MR) is 104 cm³/mol. The van der Waals surface area contributed by atoms with E-state index < -0.39 is 0 Å². The van der Waals surface area contributed by atoms with Gasteiger partial charge in [0.2, 0.25) is 5.89 Å². The molecular weight excluding hydrogens is 356 g/mol. The Morgan fingerprint density at radius 2 is 1.96 bits per heavy atom. The summed E-state index contributed by atoms with van der Waals surface area (Å²) < 4.78 is 11.4. The number of fused-ring (bicyclic) bond motifs is 1. The van der Waals surface area contributed by atoms with Gasteiger partial charge in [0.25, 0.3) is 0 Å². The molecule has 2 amide bonds. The first-order chi connectivity index (χ1) is 13.7. The second kappa shape index (κ2) is 6.84. The molecule has 0 atom stereocenters. The van der Waals surface area contributed by atoms with E-state index in [4.69, 9.17) is 8.83 Å². The third-order valence-corrected chi connectivity index (χ3v) is 4.60. The molecule has 5 rings (SSSR count). The quantitative estimate of drug-likeness (QED) is 0.529. The summed E-state index contributed by atoms with van der Waals surface area (Å²) in [6.45, 7) is 0.191. The van der Waals surface area contributed by atoms with Crippen molar-refractivity contribution in [1.29, 1.82) is 0 Å². The van der Waals surface area contributed by atoms with Crippen LogP contribution in [0.15, 0.2) is 63.6 Å². The summed E-state index contributed by atoms with van der Waals surface area (Å²) in [6, 6.07) is 14.8. The number of nitrogens with zero attached hydrogens (tertiary/aromatic N) is 2. The van der Waals surface area contributed by atoms with Crippen molar-refractivity contribution < 1.29 is 13.6 Å². The van der Waals surface area contributed by atoms with Gasteiger partial charge in [0.15, 0.2) is 17.2 Å². The molecule has 0 bridgehead atoms. The summed E-state index contributed by atoms with van der Waals surface area (Å²) in [4.78, 5) is 20.9. The van der Waals surface area contributed by atoms with Gasteiger partial charge >= 0.3 is 6.03 Å². The highest BCUT2D eigenvalue weighted by Gasteiger charge is 2.28. The minimum atomic E-state index is -0.343. The summed E-state index contributed by atoms with van der Waals surface area (Å²) in [5.74, 6) is 2.35. The molecule has 2 aromatic heterocycles. The van der Waals surface area contributed by atoms with Gasteiger partial charge in [-0.25, -0.2) is 14.8 Å². The average Bonchev–Trinajstić information content (AvgIpc) is 3.31. The van der Waals surface area contributed by atoms with Crippen LogP contribution in [0.1, 0.15) is 30.5 Å². The number of amides is 2. The van der Waals surface area contributed by atoms with E-state index in [0.717, 1.165) is 35.4 Å². The van der Waals surface area contributed by atoms with Crippen molar-refractivity contribution in [3.8, 4) is 11.3 Å². The van der Waals surface area contributed by atoms with E-state index in [9.17, 15) is 4.79 Å². The highest BCUT2D eigenvalue weighted by atomic mass is 16.4. The lowest BCUT2D eigenvalue weighted by Crippen LogP contribution is -2.28. The Hall–Kier alpha value is -3.61. The van der Waals surface area contributed by atoms with Crippen molar-refractivity contribution in [3.63, 3.8) is 0 Å². The largest absolute Gasteiger partial charge is 0.440 e. The smallest absolute Gasteiger partial charge is 0.319 e. The Labute approximate surface area is 160 Å². The van der Waals surface area contributed by atoms with E-state index in [1.165, 1.54) is 0 Å². The molecule has 0 saturated heterocycles. The lowest BCUT2D eigenvalue weighted by molar-refractivity contribution is 0.250. The monoisotopic (exact) mass is 374 g/mol. The number of carbonyl (C=O) groups excluding carboxylic acids is 1. The summed E-state index contributed by atoms with van der Waals surface area (Å²) >= 11 is 0. The van der Waals surface area contributed by atoms with Gasteiger partial charge in [-0.3, -0.25) is 0 Å². The van der Waals surface area contributed by atoms with Crippen LogP contribution in [-0.2, 0) is 6.54 Å². The normalized spacial score (nSPS) is 13.6. The lowest BCUT2D eigenvalue weighted by atomic mass is 10.2. The van der Waals surface area contributed by atoms with E-state index in [0.29, 0.717) is 23.3 Å². The number of nitrogens with one attached hydrogen (secondary N) is 2. The second-order valence-corrected chi connectivity index (χ2v) is 6.80. The molecule has 0 radical (unpaired) electrons. The zero-order chi connectivity index (χ0) is 18.9. The first-order valence-electron chi connectivity index (χ1n) is 9.20. The van der Waals surface area contributed by atoms with Crippen molar-refractivity contribution in [2.75, 3.05) is 5.32 Å². The molecule has 0 spiro atoms. The molecule has 2 heterocycles. The zero-order valence-corrected chi connectivity index (χ0v) is 15.0. The highest BCUT2D eigenvalue weighted by molar-refractivity contribution is 5.91. The van der Waals surface area contributed by atoms with Crippen LogP contribution >= 0.6 is 0 Å². The maximum absolute atomic E-state index is 12.2. The molecule has 28 heavy (non-hydrogen) atoms. The van der Waals surface area contributed by atoms with E-state index in [-0.39, 0.29) is 12.6 Å². The maximum Gasteiger partial charge on any atom is 0.319 e. The molecule has 1 saturated carbocycles. The number of anilines is 1. The minimum absolute atomic E-state index is 0.191. The van der Waals surface area contributed by atoms with Gasteiger partial charge in [-0.05, 0) is 31.0 Å². The Bertz CT molecular complexity index is 1130. The van der Waals surface area contributed by atoms with Crippen molar-refractivity contribution in [2.45, 2.75) is 25.3 Å². The summed E-state index contributed by atoms with van der Waals surface area (Å²) in [6.07, 6.45) is 3.92. The Balaban J connectivity index is 1.20. The lowest BCUT2D eigenvalue weighted by Gasteiger charge is -2.05. The van der Waals surface area contributed by atoms with Crippen LogP contribution in [0.4, 0.5) is 10.5 Å². The third-order valence-electron chi connectivity index (χ3n) is 4.60. The molecule has 7 heteroatoms. The predicted octanol–water partition coefficient (Wildman–Crippen LogP) is 4.68. The number of oxazole rings is 2. The van der Waals surface area contributed by atoms with Gasteiger partial charge in [-0.15, -0.1) is 0 Å². The second-order valence-electron chi connectivity index (χ2n) is 6.80. The van der Waals surface area contributed by atoms with E-state index >= 15 is 0 Å². The first kappa shape index (κ1) is 16.6. The molecule has 1 fully saturated rings. The van der Waals surface area contributed by atoms with Crippen LogP contribution in [0.3, 0.4) is 0 Å². The topological polar surface area (TPSA) is 93.2 Å². The van der Waals surface area contributed by atoms with Gasteiger partial charge in [0.05, 0.1) is 12.7 Å². The van der Waals surface area contributed by atoms with Crippen molar-refractivity contribution in [1.82, 2.24) is 15.3 Å². The van der Waals surface area contributed by atoms with Crippen LogP contribution < -0.4 is 10.6 Å². The standard InChI is InChI=1S/C21H18N4O3/c26-21(23-12-19-22-11-18(27-19)13-4-2-1-3-5-13)24-15-8-9-17-16(10-15)25-20(28-17)14-6-7-14/h1-5,8-11,14H,6-7,12H2,(H2,23,24,26). The number of carbonyl (C=O) groups is 1. The van der Waals surface area contributed by atoms with Crippen molar-refractivity contribution >= 4 is 22.8 Å². The van der Waals surface area contributed by atoms with Gasteiger partial charge in [-0.2, -0.15) is 0 Å². The van der Waals surface area contributed by atoms with E-state index in [2.05, 4.69) is 20.6 Å². The van der Waals surface area contributed by atoms with E-state index in [1.54, 1.807) is 12.3 Å². The van der Waals surface area contributed by atoms with Crippen LogP contribution in [0.25, 0.3) is 22.4 Å². The minimum Gasteiger partial charge on any atom is -0.440 e. The van der Waals surface area contributed by atoms with E-state index in [1.807, 2.05) is 42.5 Å². The number of urea groups is 1. The summed E-state index contributed by atoms with van der Waals surface area (Å²) in [5, 5.41) is 5.54. The fraction of sp³-hybridized carbons (Fsp3) is 0.190. The van der Waals surface area contributed by atoms with Gasteiger partial charge in [0, 0.05) is 17.2 Å². The van der Waals surface area contributed by atoms with Crippen LogP contribution in [-0.4, -0.2) is 16.0 Å². The molecule has 2 aromatic carbocycles. The summed E-state index contributed by atoms with van der Waals surface area (Å²) in [5.41, 5.74) is 3.08. The maximum atomic E-state index is 12.2. The zero-order valence-electron chi connectivity index (χ0n) is 15.0. The molecule has 1 aliphatic carbocycles. The fourth-order valence-corrected chi connectivity index (χ4v) is 2.99. The number of hydrogen-bond donors (Lipinski definition) is 2. The van der Waals surface area contributed by atoms with Crippen LogP contribution in [0, 0.1) is 0 Å². The molecule has 2 N–H and O–H groups in total. The third kappa shape index (κ3) is 3.46. The highest BCUT2D eigenvalue weighted by Crippen LogP contribution is 2.40. The number of benzene rings is 2. The van der Waals surface area contributed by atoms with Gasteiger partial charge in [-0.1, -0.05) is 30.3 Å². The Morgan fingerprint density at radius 3 is 2.79 bits per heavy atom. The molecule has 0 unspecified atom stereocenters. The summed E-state index contributed by atoms with van der Waals surface area (Å²) in [7, 11) is 0.